The second-order valence-corrected chi connectivity index (χ2v) is 8.94. The zero-order valence-corrected chi connectivity index (χ0v) is 16.0. The Morgan fingerprint density at radius 2 is 1.85 bits per heavy atom. The minimum absolute atomic E-state index is 0.000939. The van der Waals surface area contributed by atoms with E-state index in [4.69, 9.17) is 4.52 Å². The Morgan fingerprint density at radius 3 is 2.56 bits per heavy atom. The molecule has 0 saturated carbocycles. The number of rotatable bonds is 4. The minimum atomic E-state index is -3.60. The van der Waals surface area contributed by atoms with Crippen molar-refractivity contribution in [2.24, 2.45) is 0 Å². The van der Waals surface area contributed by atoms with Gasteiger partial charge >= 0.3 is 0 Å². The zero-order valence-electron chi connectivity index (χ0n) is 15.2. The molecular formula is C18H22N4O4S. The molecule has 2 aliphatic heterocycles. The first-order valence-corrected chi connectivity index (χ1v) is 10.6. The number of likely N-dealkylation sites (tertiary alicyclic amines) is 1. The molecule has 3 heterocycles. The molecule has 9 heteroatoms. The molecule has 1 aromatic carbocycles. The van der Waals surface area contributed by atoms with Crippen LogP contribution in [0.2, 0.25) is 0 Å². The van der Waals surface area contributed by atoms with Crippen LogP contribution in [0.5, 0.6) is 0 Å². The quantitative estimate of drug-likeness (QED) is 0.790. The Hall–Kier alpha value is -2.26. The topological polar surface area (TPSA) is 96.6 Å². The van der Waals surface area contributed by atoms with Gasteiger partial charge in [0.15, 0.2) is 0 Å². The van der Waals surface area contributed by atoms with Crippen molar-refractivity contribution in [3.63, 3.8) is 0 Å². The van der Waals surface area contributed by atoms with Gasteiger partial charge in [-0.25, -0.2) is 8.42 Å². The molecule has 0 bridgehead atoms. The van der Waals surface area contributed by atoms with E-state index in [1.807, 2.05) is 0 Å². The first-order valence-electron chi connectivity index (χ1n) is 9.15. The second-order valence-electron chi connectivity index (χ2n) is 7.04. The maximum atomic E-state index is 13.1. The van der Waals surface area contributed by atoms with Gasteiger partial charge in [0.25, 0.3) is 0 Å². The molecule has 2 saturated heterocycles. The highest BCUT2D eigenvalue weighted by Crippen LogP contribution is 2.31. The summed E-state index contributed by atoms with van der Waals surface area (Å²) in [4.78, 5) is 17.6. The van der Waals surface area contributed by atoms with Gasteiger partial charge in [-0.05, 0) is 25.0 Å². The largest absolute Gasteiger partial charge is 0.341 e. The molecule has 4 rings (SSSR count). The molecule has 1 amide bonds. The summed E-state index contributed by atoms with van der Waals surface area (Å²) in [5.41, 5.74) is 0.445. The van der Waals surface area contributed by atoms with Crippen molar-refractivity contribution in [3.05, 3.63) is 30.2 Å². The van der Waals surface area contributed by atoms with Crippen LogP contribution in [0.15, 0.2) is 33.7 Å². The molecule has 0 unspecified atom stereocenters. The summed E-state index contributed by atoms with van der Waals surface area (Å²) >= 11 is 0. The van der Waals surface area contributed by atoms with E-state index in [1.54, 1.807) is 29.2 Å². The fourth-order valence-electron chi connectivity index (χ4n) is 3.52. The Bertz CT molecular complexity index is 944. The van der Waals surface area contributed by atoms with Crippen LogP contribution in [0.1, 0.15) is 38.0 Å². The van der Waals surface area contributed by atoms with E-state index in [-0.39, 0.29) is 22.5 Å². The van der Waals surface area contributed by atoms with Gasteiger partial charge in [0, 0.05) is 38.7 Å². The first kappa shape index (κ1) is 18.1. The maximum Gasteiger partial charge on any atom is 0.243 e. The summed E-state index contributed by atoms with van der Waals surface area (Å²) < 4.78 is 33.1. The van der Waals surface area contributed by atoms with E-state index >= 15 is 0 Å². The van der Waals surface area contributed by atoms with E-state index in [9.17, 15) is 13.2 Å². The number of carbonyl (C=O) groups excluding carboxylic acids is 1. The van der Waals surface area contributed by atoms with Crippen LogP contribution in [0.4, 0.5) is 0 Å². The number of piperidine rings is 1. The van der Waals surface area contributed by atoms with Gasteiger partial charge in [-0.1, -0.05) is 23.7 Å². The molecule has 27 heavy (non-hydrogen) atoms. The highest BCUT2D eigenvalue weighted by atomic mass is 32.2. The van der Waals surface area contributed by atoms with Crippen LogP contribution >= 0.6 is 0 Å². The van der Waals surface area contributed by atoms with Gasteiger partial charge in [-0.15, -0.1) is 0 Å². The fraction of sp³-hybridized carbons (Fsp3) is 0.500. The average Bonchev–Trinajstić information content (AvgIpc) is 3.10. The zero-order chi connectivity index (χ0) is 19.0. The van der Waals surface area contributed by atoms with Crippen molar-refractivity contribution >= 4 is 15.9 Å². The van der Waals surface area contributed by atoms with E-state index in [1.165, 1.54) is 11.2 Å². The lowest BCUT2D eigenvalue weighted by Gasteiger charge is -2.36. The van der Waals surface area contributed by atoms with Crippen LogP contribution < -0.4 is 0 Å². The molecule has 0 aliphatic carbocycles. The third-order valence-electron chi connectivity index (χ3n) is 5.18. The van der Waals surface area contributed by atoms with Crippen molar-refractivity contribution in [3.8, 4) is 11.4 Å². The summed E-state index contributed by atoms with van der Waals surface area (Å²) in [6, 6.07) is 6.77. The standard InChI is InChI=1S/C18H22N4O4S/c1-13(23)21-11-14(12-21)18-19-17(20-26-18)15-7-3-4-8-16(15)27(24,25)22-9-5-2-6-10-22/h3-4,7-8,14H,2,5-6,9-12H2,1H3. The van der Waals surface area contributed by atoms with E-state index in [2.05, 4.69) is 10.1 Å². The van der Waals surface area contributed by atoms with Crippen molar-refractivity contribution in [2.45, 2.75) is 37.0 Å². The molecular weight excluding hydrogens is 368 g/mol. The Kier molecular flexibility index (Phi) is 4.73. The van der Waals surface area contributed by atoms with Gasteiger partial charge in [0.2, 0.25) is 27.6 Å². The maximum absolute atomic E-state index is 13.1. The minimum Gasteiger partial charge on any atom is -0.341 e. The SMILES string of the molecule is CC(=O)N1CC(c2nc(-c3ccccc3S(=O)(=O)N3CCCCC3)no2)C1. The van der Waals surface area contributed by atoms with Crippen molar-refractivity contribution < 1.29 is 17.7 Å². The molecule has 144 valence electrons. The summed E-state index contributed by atoms with van der Waals surface area (Å²) in [5, 5.41) is 4.01. The predicted molar refractivity (Wildman–Crippen MR) is 97.3 cm³/mol. The summed E-state index contributed by atoms with van der Waals surface area (Å²) in [6.07, 6.45) is 2.81. The Labute approximate surface area is 158 Å². The summed E-state index contributed by atoms with van der Waals surface area (Å²) in [6.45, 7) is 3.70. The van der Waals surface area contributed by atoms with Crippen LogP contribution in [-0.2, 0) is 14.8 Å². The van der Waals surface area contributed by atoms with Crippen LogP contribution in [-0.4, -0.2) is 59.8 Å². The average molecular weight is 390 g/mol. The van der Waals surface area contributed by atoms with E-state index in [0.717, 1.165) is 19.3 Å². The van der Waals surface area contributed by atoms with Crippen molar-refractivity contribution in [1.29, 1.82) is 0 Å². The Morgan fingerprint density at radius 1 is 1.15 bits per heavy atom. The fourth-order valence-corrected chi connectivity index (χ4v) is 5.23. The van der Waals surface area contributed by atoms with Crippen molar-refractivity contribution in [2.75, 3.05) is 26.2 Å². The molecule has 2 aromatic rings. The molecule has 2 fully saturated rings. The van der Waals surface area contributed by atoms with Gasteiger partial charge in [0.1, 0.15) is 0 Å². The molecule has 1 aromatic heterocycles. The lowest BCUT2D eigenvalue weighted by Crippen LogP contribution is -2.47. The molecule has 0 spiro atoms. The third kappa shape index (κ3) is 3.37. The number of carbonyl (C=O) groups is 1. The van der Waals surface area contributed by atoms with E-state index < -0.39 is 10.0 Å². The number of hydrogen-bond donors (Lipinski definition) is 0. The Balaban J connectivity index is 1.61. The molecule has 8 nitrogen and oxygen atoms in total. The molecule has 2 aliphatic rings. The van der Waals surface area contributed by atoms with Crippen molar-refractivity contribution in [1.82, 2.24) is 19.3 Å². The summed E-state index contributed by atoms with van der Waals surface area (Å²) in [5.74, 6) is 0.722. The lowest BCUT2D eigenvalue weighted by atomic mass is 10.0. The number of nitrogens with zero attached hydrogens (tertiary/aromatic N) is 4. The third-order valence-corrected chi connectivity index (χ3v) is 7.14. The smallest absolute Gasteiger partial charge is 0.243 e. The highest BCUT2D eigenvalue weighted by molar-refractivity contribution is 7.89. The highest BCUT2D eigenvalue weighted by Gasteiger charge is 2.35. The van der Waals surface area contributed by atoms with Gasteiger partial charge in [0.05, 0.1) is 10.8 Å². The monoisotopic (exact) mass is 390 g/mol. The number of hydrogen-bond acceptors (Lipinski definition) is 6. The summed E-state index contributed by atoms with van der Waals surface area (Å²) in [7, 11) is -3.60. The van der Waals surface area contributed by atoms with Gasteiger partial charge in [-0.3, -0.25) is 4.79 Å². The number of benzene rings is 1. The van der Waals surface area contributed by atoms with Crippen LogP contribution in [0.25, 0.3) is 11.4 Å². The number of amides is 1. The van der Waals surface area contributed by atoms with Gasteiger partial charge in [-0.2, -0.15) is 9.29 Å². The predicted octanol–water partition coefficient (Wildman–Crippen LogP) is 1.86. The molecule has 0 atom stereocenters. The van der Waals surface area contributed by atoms with E-state index in [0.29, 0.717) is 37.6 Å². The van der Waals surface area contributed by atoms with Crippen LogP contribution in [0.3, 0.4) is 0 Å². The van der Waals surface area contributed by atoms with Crippen LogP contribution in [0, 0.1) is 0 Å². The second kappa shape index (κ2) is 7.05. The number of sulfonamides is 1. The lowest BCUT2D eigenvalue weighted by molar-refractivity contribution is -0.133. The number of aromatic nitrogens is 2. The first-order chi connectivity index (χ1) is 13.0. The normalized spacial score (nSPS) is 19.1. The molecule has 0 radical (unpaired) electrons. The molecule has 0 N–H and O–H groups in total. The van der Waals surface area contributed by atoms with Gasteiger partial charge < -0.3 is 9.42 Å².